The van der Waals surface area contributed by atoms with Gasteiger partial charge in [-0.3, -0.25) is 9.48 Å². The number of carbonyl (C=O) groups is 1. The van der Waals surface area contributed by atoms with Crippen molar-refractivity contribution in [2.24, 2.45) is 7.05 Å². The van der Waals surface area contributed by atoms with Crippen LogP contribution in [0.15, 0.2) is 6.20 Å². The van der Waals surface area contributed by atoms with E-state index in [4.69, 9.17) is 10.5 Å². The highest BCUT2D eigenvalue weighted by Crippen LogP contribution is 2.08. The summed E-state index contributed by atoms with van der Waals surface area (Å²) < 4.78 is 6.66. The molecule has 90 valence electrons. The second-order valence-electron chi connectivity index (χ2n) is 3.60. The first-order valence-electron chi connectivity index (χ1n) is 5.22. The number of anilines is 1. The lowest BCUT2D eigenvalue weighted by molar-refractivity contribution is 0.0873. The molecule has 0 saturated heterocycles. The van der Waals surface area contributed by atoms with Crippen LogP contribution in [0.1, 0.15) is 24.2 Å². The first-order valence-corrected chi connectivity index (χ1v) is 5.22. The summed E-state index contributed by atoms with van der Waals surface area (Å²) in [4.78, 5) is 11.8. The average Bonchev–Trinajstić information content (AvgIpc) is 2.57. The van der Waals surface area contributed by atoms with Gasteiger partial charge < -0.3 is 15.8 Å². The Kier molecular flexibility index (Phi) is 4.30. The smallest absolute Gasteiger partial charge is 0.256 e. The van der Waals surface area contributed by atoms with E-state index in [9.17, 15) is 4.79 Å². The van der Waals surface area contributed by atoms with Crippen LogP contribution in [-0.2, 0) is 11.8 Å². The molecule has 0 spiro atoms. The number of hydrogen-bond acceptors (Lipinski definition) is 4. The topological polar surface area (TPSA) is 82.2 Å². The number of hydrogen-bond donors (Lipinski definition) is 2. The minimum atomic E-state index is -0.224. The molecule has 1 aromatic heterocycles. The van der Waals surface area contributed by atoms with Gasteiger partial charge in [0.1, 0.15) is 11.4 Å². The lowest BCUT2D eigenvalue weighted by atomic mass is 10.2. The van der Waals surface area contributed by atoms with E-state index >= 15 is 0 Å². The van der Waals surface area contributed by atoms with E-state index in [2.05, 4.69) is 10.4 Å². The number of ether oxygens (including phenoxy) is 1. The van der Waals surface area contributed by atoms with Gasteiger partial charge in [0.2, 0.25) is 0 Å². The minimum Gasteiger partial charge on any atom is -0.383 e. The van der Waals surface area contributed by atoms with Crippen LogP contribution in [0.2, 0.25) is 0 Å². The third kappa shape index (κ3) is 2.96. The normalized spacial score (nSPS) is 12.4. The molecule has 1 heterocycles. The van der Waals surface area contributed by atoms with Crippen LogP contribution in [0.25, 0.3) is 0 Å². The van der Waals surface area contributed by atoms with Crippen LogP contribution in [0.5, 0.6) is 0 Å². The van der Waals surface area contributed by atoms with Crippen molar-refractivity contribution in [2.45, 2.75) is 19.9 Å². The predicted octanol–water partition coefficient (Wildman–Crippen LogP) is 0.157. The summed E-state index contributed by atoms with van der Waals surface area (Å²) in [6, 6.07) is -0.0490. The molecule has 0 fully saturated rings. The summed E-state index contributed by atoms with van der Waals surface area (Å²) in [5.41, 5.74) is 6.08. The Labute approximate surface area is 94.8 Å². The van der Waals surface area contributed by atoms with Crippen LogP contribution >= 0.6 is 0 Å². The minimum absolute atomic E-state index is 0.0490. The molecule has 1 aromatic rings. The van der Waals surface area contributed by atoms with Gasteiger partial charge in [0.25, 0.3) is 5.91 Å². The van der Waals surface area contributed by atoms with Gasteiger partial charge in [-0.15, -0.1) is 0 Å². The molecular formula is C10H18N4O2. The number of amides is 1. The lowest BCUT2D eigenvalue weighted by Crippen LogP contribution is -2.36. The molecular weight excluding hydrogens is 208 g/mol. The Balaban J connectivity index is 2.55. The fourth-order valence-electron chi connectivity index (χ4n) is 1.26. The van der Waals surface area contributed by atoms with Crippen molar-refractivity contribution in [3.63, 3.8) is 0 Å². The lowest BCUT2D eigenvalue weighted by Gasteiger charge is -2.13. The Morgan fingerprint density at radius 1 is 1.75 bits per heavy atom. The maximum absolute atomic E-state index is 11.8. The number of carbonyl (C=O) groups excluding carboxylic acids is 1. The van der Waals surface area contributed by atoms with Gasteiger partial charge in [-0.2, -0.15) is 5.10 Å². The Hall–Kier alpha value is -1.56. The SMILES string of the molecule is CCOCC(C)NC(=O)c1cnn(C)c1N. The van der Waals surface area contributed by atoms with Crippen LogP contribution < -0.4 is 11.1 Å². The van der Waals surface area contributed by atoms with Gasteiger partial charge in [0.15, 0.2) is 0 Å². The summed E-state index contributed by atoms with van der Waals surface area (Å²) >= 11 is 0. The first kappa shape index (κ1) is 12.5. The molecule has 1 rings (SSSR count). The average molecular weight is 226 g/mol. The van der Waals surface area contributed by atoms with Crippen LogP contribution in [0, 0.1) is 0 Å². The number of nitrogens with two attached hydrogens (primary N) is 1. The molecule has 6 heteroatoms. The summed E-state index contributed by atoms with van der Waals surface area (Å²) in [5, 5.41) is 6.69. The van der Waals surface area contributed by atoms with Crippen molar-refractivity contribution < 1.29 is 9.53 Å². The van der Waals surface area contributed by atoms with Gasteiger partial charge in [-0.1, -0.05) is 0 Å². The maximum Gasteiger partial charge on any atom is 0.256 e. The third-order valence-electron chi connectivity index (χ3n) is 2.18. The van der Waals surface area contributed by atoms with E-state index in [1.807, 2.05) is 13.8 Å². The second kappa shape index (κ2) is 5.50. The van der Waals surface area contributed by atoms with E-state index in [1.54, 1.807) is 7.05 Å². The van der Waals surface area contributed by atoms with Gasteiger partial charge in [0, 0.05) is 19.7 Å². The number of rotatable bonds is 5. The van der Waals surface area contributed by atoms with Crippen molar-refractivity contribution in [2.75, 3.05) is 18.9 Å². The molecule has 0 radical (unpaired) electrons. The molecule has 0 aliphatic heterocycles. The number of aryl methyl sites for hydroxylation is 1. The van der Waals surface area contributed by atoms with Gasteiger partial charge in [0.05, 0.1) is 12.8 Å². The molecule has 3 N–H and O–H groups in total. The van der Waals surface area contributed by atoms with E-state index in [-0.39, 0.29) is 11.9 Å². The van der Waals surface area contributed by atoms with Gasteiger partial charge >= 0.3 is 0 Å². The van der Waals surface area contributed by atoms with E-state index in [0.717, 1.165) is 0 Å². The van der Waals surface area contributed by atoms with Crippen molar-refractivity contribution in [1.82, 2.24) is 15.1 Å². The molecule has 1 amide bonds. The second-order valence-corrected chi connectivity index (χ2v) is 3.60. The van der Waals surface area contributed by atoms with Crippen molar-refractivity contribution in [3.05, 3.63) is 11.8 Å². The summed E-state index contributed by atoms with van der Waals surface area (Å²) in [6.07, 6.45) is 1.46. The highest BCUT2D eigenvalue weighted by Gasteiger charge is 2.15. The molecule has 0 aromatic carbocycles. The molecule has 0 aliphatic rings. The number of nitrogens with zero attached hydrogens (tertiary/aromatic N) is 2. The van der Waals surface area contributed by atoms with E-state index in [1.165, 1.54) is 10.9 Å². The molecule has 1 atom stereocenters. The number of nitrogens with one attached hydrogen (secondary N) is 1. The monoisotopic (exact) mass is 226 g/mol. The Bertz CT molecular complexity index is 362. The highest BCUT2D eigenvalue weighted by atomic mass is 16.5. The molecule has 0 saturated carbocycles. The zero-order valence-electron chi connectivity index (χ0n) is 9.86. The van der Waals surface area contributed by atoms with Crippen molar-refractivity contribution >= 4 is 11.7 Å². The van der Waals surface area contributed by atoms with Crippen molar-refractivity contribution in [3.8, 4) is 0 Å². The first-order chi connectivity index (χ1) is 7.56. The van der Waals surface area contributed by atoms with E-state index < -0.39 is 0 Å². The standard InChI is InChI=1S/C10H18N4O2/c1-4-16-6-7(2)13-10(15)8-5-12-14(3)9(8)11/h5,7H,4,6,11H2,1-3H3,(H,13,15). The Morgan fingerprint density at radius 3 is 2.94 bits per heavy atom. The largest absolute Gasteiger partial charge is 0.383 e. The summed E-state index contributed by atoms with van der Waals surface area (Å²) in [6.45, 7) is 4.91. The third-order valence-corrected chi connectivity index (χ3v) is 2.18. The maximum atomic E-state index is 11.8. The zero-order chi connectivity index (χ0) is 12.1. The zero-order valence-corrected chi connectivity index (χ0v) is 9.86. The fourth-order valence-corrected chi connectivity index (χ4v) is 1.26. The molecule has 0 bridgehead atoms. The predicted molar refractivity (Wildman–Crippen MR) is 61.0 cm³/mol. The summed E-state index contributed by atoms with van der Waals surface area (Å²) in [5.74, 6) is 0.138. The molecule has 16 heavy (non-hydrogen) atoms. The molecule has 1 unspecified atom stereocenters. The van der Waals surface area contributed by atoms with Crippen molar-refractivity contribution in [1.29, 1.82) is 0 Å². The molecule has 6 nitrogen and oxygen atoms in total. The van der Waals surface area contributed by atoms with Crippen LogP contribution in [0.3, 0.4) is 0 Å². The van der Waals surface area contributed by atoms with E-state index in [0.29, 0.717) is 24.6 Å². The molecule has 0 aliphatic carbocycles. The van der Waals surface area contributed by atoms with Gasteiger partial charge in [-0.05, 0) is 13.8 Å². The number of aromatic nitrogens is 2. The number of nitrogen functional groups attached to an aromatic ring is 1. The van der Waals surface area contributed by atoms with Crippen LogP contribution in [0.4, 0.5) is 5.82 Å². The summed E-state index contributed by atoms with van der Waals surface area (Å²) in [7, 11) is 1.69. The fraction of sp³-hybridized carbons (Fsp3) is 0.600. The Morgan fingerprint density at radius 2 is 2.44 bits per heavy atom. The highest BCUT2D eigenvalue weighted by molar-refractivity contribution is 5.98. The quantitative estimate of drug-likeness (QED) is 0.749. The van der Waals surface area contributed by atoms with Gasteiger partial charge in [-0.25, -0.2) is 0 Å². The van der Waals surface area contributed by atoms with Crippen LogP contribution in [-0.4, -0.2) is 34.9 Å².